The van der Waals surface area contributed by atoms with Crippen LogP contribution in [-0.2, 0) is 12.8 Å². The summed E-state index contributed by atoms with van der Waals surface area (Å²) in [6, 6.07) is 12.0. The highest BCUT2D eigenvalue weighted by atomic mass is 16.1. The highest BCUT2D eigenvalue weighted by Gasteiger charge is 2.21. The number of nitrogens with one attached hydrogen (secondary N) is 1. The summed E-state index contributed by atoms with van der Waals surface area (Å²) in [5, 5.41) is 3.06. The molecule has 1 unspecified atom stereocenters. The van der Waals surface area contributed by atoms with Gasteiger partial charge in [0.2, 0.25) is 0 Å². The van der Waals surface area contributed by atoms with Crippen molar-refractivity contribution in [1.29, 1.82) is 0 Å². The monoisotopic (exact) mass is 267 g/mol. The first-order chi connectivity index (χ1) is 9.74. The molecule has 102 valence electrons. The number of hydrogen-bond donors (Lipinski definition) is 2. The van der Waals surface area contributed by atoms with Gasteiger partial charge in [0.05, 0.1) is 5.56 Å². The second-order valence-electron chi connectivity index (χ2n) is 5.12. The maximum absolute atomic E-state index is 12.2. The quantitative estimate of drug-likeness (QED) is 0.874. The zero-order valence-electron chi connectivity index (χ0n) is 11.2. The number of nitrogen functional groups attached to an aromatic ring is 1. The number of fused-ring (bicyclic) bond motifs is 1. The van der Waals surface area contributed by atoms with Crippen LogP contribution < -0.4 is 11.1 Å². The summed E-state index contributed by atoms with van der Waals surface area (Å²) < 4.78 is 0. The lowest BCUT2D eigenvalue weighted by molar-refractivity contribution is 0.0934. The van der Waals surface area contributed by atoms with Crippen LogP contribution in [-0.4, -0.2) is 16.9 Å². The summed E-state index contributed by atoms with van der Waals surface area (Å²) >= 11 is 0. The van der Waals surface area contributed by atoms with E-state index in [-0.39, 0.29) is 17.8 Å². The average Bonchev–Trinajstić information content (AvgIpc) is 2.47. The van der Waals surface area contributed by atoms with Crippen molar-refractivity contribution in [2.45, 2.75) is 25.3 Å². The molecule has 4 heteroatoms. The molecule has 1 aromatic heterocycles. The molecular formula is C16H17N3O. The van der Waals surface area contributed by atoms with Crippen LogP contribution in [0.15, 0.2) is 42.6 Å². The highest BCUT2D eigenvalue weighted by Crippen LogP contribution is 2.21. The minimum Gasteiger partial charge on any atom is -0.383 e. The van der Waals surface area contributed by atoms with Crippen LogP contribution in [0, 0.1) is 0 Å². The molecule has 0 saturated heterocycles. The van der Waals surface area contributed by atoms with E-state index in [1.165, 1.54) is 11.1 Å². The Bertz CT molecular complexity index is 639. The van der Waals surface area contributed by atoms with Crippen LogP contribution in [0.25, 0.3) is 0 Å². The lowest BCUT2D eigenvalue weighted by atomic mass is 9.88. The molecule has 1 aliphatic rings. The van der Waals surface area contributed by atoms with Gasteiger partial charge in [0.25, 0.3) is 5.91 Å². The van der Waals surface area contributed by atoms with Gasteiger partial charge in [-0.25, -0.2) is 4.98 Å². The Morgan fingerprint density at radius 1 is 1.20 bits per heavy atom. The Labute approximate surface area is 118 Å². The van der Waals surface area contributed by atoms with Crippen molar-refractivity contribution in [3.05, 3.63) is 59.3 Å². The molecule has 3 rings (SSSR count). The fourth-order valence-corrected chi connectivity index (χ4v) is 2.69. The number of carbonyl (C=O) groups is 1. The van der Waals surface area contributed by atoms with E-state index in [0.717, 1.165) is 19.3 Å². The third-order valence-electron chi connectivity index (χ3n) is 3.77. The summed E-state index contributed by atoms with van der Waals surface area (Å²) in [5.74, 6) is 0.140. The number of hydrogen-bond acceptors (Lipinski definition) is 3. The van der Waals surface area contributed by atoms with E-state index in [0.29, 0.717) is 5.56 Å². The summed E-state index contributed by atoms with van der Waals surface area (Å²) in [6.45, 7) is 0. The van der Waals surface area contributed by atoms with Gasteiger partial charge in [0, 0.05) is 12.2 Å². The number of benzene rings is 1. The van der Waals surface area contributed by atoms with Gasteiger partial charge < -0.3 is 11.1 Å². The predicted molar refractivity (Wildman–Crippen MR) is 78.4 cm³/mol. The standard InChI is InChI=1S/C16H17N3O/c17-15-14(6-3-9-18-15)16(20)19-13-8-7-11-4-1-2-5-12(11)10-13/h1-6,9,13H,7-8,10H2,(H2,17,18)(H,19,20). The van der Waals surface area contributed by atoms with E-state index in [1.807, 2.05) is 6.07 Å². The first-order valence-electron chi connectivity index (χ1n) is 6.82. The predicted octanol–water partition coefficient (Wildman–Crippen LogP) is 1.95. The van der Waals surface area contributed by atoms with Gasteiger partial charge in [0.15, 0.2) is 0 Å². The number of aryl methyl sites for hydroxylation is 1. The van der Waals surface area contributed by atoms with Crippen molar-refractivity contribution in [2.24, 2.45) is 0 Å². The van der Waals surface area contributed by atoms with Crippen LogP contribution in [0.2, 0.25) is 0 Å². The number of rotatable bonds is 2. The molecule has 1 heterocycles. The van der Waals surface area contributed by atoms with Crippen molar-refractivity contribution in [3.63, 3.8) is 0 Å². The molecule has 1 aliphatic carbocycles. The van der Waals surface area contributed by atoms with E-state index in [4.69, 9.17) is 5.73 Å². The molecule has 0 radical (unpaired) electrons. The van der Waals surface area contributed by atoms with E-state index < -0.39 is 0 Å². The minimum absolute atomic E-state index is 0.139. The van der Waals surface area contributed by atoms with Crippen molar-refractivity contribution >= 4 is 11.7 Å². The van der Waals surface area contributed by atoms with Crippen LogP contribution in [0.4, 0.5) is 5.82 Å². The molecule has 0 fully saturated rings. The summed E-state index contributed by atoms with van der Waals surface area (Å²) in [5.41, 5.74) is 8.89. The lowest BCUT2D eigenvalue weighted by Gasteiger charge is -2.25. The topological polar surface area (TPSA) is 68.0 Å². The van der Waals surface area contributed by atoms with E-state index in [2.05, 4.69) is 28.5 Å². The van der Waals surface area contributed by atoms with Crippen LogP contribution in [0.3, 0.4) is 0 Å². The number of anilines is 1. The van der Waals surface area contributed by atoms with Crippen LogP contribution >= 0.6 is 0 Å². The van der Waals surface area contributed by atoms with E-state index in [9.17, 15) is 4.79 Å². The molecule has 3 N–H and O–H groups in total. The smallest absolute Gasteiger partial charge is 0.255 e. The summed E-state index contributed by atoms with van der Waals surface area (Å²) in [6.07, 6.45) is 4.43. The molecule has 1 amide bonds. The summed E-state index contributed by atoms with van der Waals surface area (Å²) in [7, 11) is 0. The molecule has 0 aliphatic heterocycles. The zero-order chi connectivity index (χ0) is 13.9. The van der Waals surface area contributed by atoms with E-state index in [1.54, 1.807) is 18.3 Å². The maximum Gasteiger partial charge on any atom is 0.255 e. The first-order valence-corrected chi connectivity index (χ1v) is 6.82. The highest BCUT2D eigenvalue weighted by molar-refractivity contribution is 5.98. The Balaban J connectivity index is 1.71. The number of nitrogens with zero attached hydrogens (tertiary/aromatic N) is 1. The fourth-order valence-electron chi connectivity index (χ4n) is 2.69. The van der Waals surface area contributed by atoms with Crippen LogP contribution in [0.5, 0.6) is 0 Å². The minimum atomic E-state index is -0.139. The molecule has 0 spiro atoms. The third-order valence-corrected chi connectivity index (χ3v) is 3.77. The number of pyridine rings is 1. The van der Waals surface area contributed by atoms with E-state index >= 15 is 0 Å². The molecule has 1 aromatic carbocycles. The van der Waals surface area contributed by atoms with Gasteiger partial charge >= 0.3 is 0 Å². The Kier molecular flexibility index (Phi) is 3.37. The second-order valence-corrected chi connectivity index (χ2v) is 5.12. The molecule has 0 bridgehead atoms. The van der Waals surface area contributed by atoms with Gasteiger partial charge in [-0.05, 0) is 42.5 Å². The van der Waals surface area contributed by atoms with Gasteiger partial charge in [-0.1, -0.05) is 24.3 Å². The Hall–Kier alpha value is -2.36. The Morgan fingerprint density at radius 2 is 2.00 bits per heavy atom. The Morgan fingerprint density at radius 3 is 2.80 bits per heavy atom. The van der Waals surface area contributed by atoms with Crippen LogP contribution in [0.1, 0.15) is 27.9 Å². The van der Waals surface area contributed by atoms with Crippen molar-refractivity contribution in [3.8, 4) is 0 Å². The maximum atomic E-state index is 12.2. The second kappa shape index (κ2) is 5.33. The SMILES string of the molecule is Nc1ncccc1C(=O)NC1CCc2ccccc2C1. The fraction of sp³-hybridized carbons (Fsp3) is 0.250. The number of carbonyl (C=O) groups excluding carboxylic acids is 1. The summed E-state index contributed by atoms with van der Waals surface area (Å²) in [4.78, 5) is 16.2. The lowest BCUT2D eigenvalue weighted by Crippen LogP contribution is -2.39. The third kappa shape index (κ3) is 2.50. The van der Waals surface area contributed by atoms with Gasteiger partial charge in [-0.2, -0.15) is 0 Å². The van der Waals surface area contributed by atoms with Gasteiger partial charge in [-0.3, -0.25) is 4.79 Å². The molecule has 0 saturated carbocycles. The van der Waals surface area contributed by atoms with Gasteiger partial charge in [-0.15, -0.1) is 0 Å². The van der Waals surface area contributed by atoms with Gasteiger partial charge in [0.1, 0.15) is 5.82 Å². The molecule has 2 aromatic rings. The largest absolute Gasteiger partial charge is 0.383 e. The first kappa shape index (κ1) is 12.7. The zero-order valence-corrected chi connectivity index (χ0v) is 11.2. The van der Waals surface area contributed by atoms with Crippen molar-refractivity contribution < 1.29 is 4.79 Å². The number of aromatic nitrogens is 1. The molecule has 4 nitrogen and oxygen atoms in total. The van der Waals surface area contributed by atoms with Crippen molar-refractivity contribution in [2.75, 3.05) is 5.73 Å². The number of amides is 1. The average molecular weight is 267 g/mol. The molecule has 1 atom stereocenters. The van der Waals surface area contributed by atoms with Crippen molar-refractivity contribution in [1.82, 2.24) is 10.3 Å². The molecular weight excluding hydrogens is 250 g/mol. The normalized spacial score (nSPS) is 17.3. The molecule has 20 heavy (non-hydrogen) atoms. The number of nitrogens with two attached hydrogens (primary N) is 1.